The third kappa shape index (κ3) is 5.01. The number of hydrogen-bond donors (Lipinski definition) is 0. The molecule has 0 aliphatic heterocycles. The normalized spacial score (nSPS) is 11.0. The Morgan fingerprint density at radius 2 is 1.70 bits per heavy atom. The van der Waals surface area contributed by atoms with E-state index in [9.17, 15) is 4.79 Å². The van der Waals surface area contributed by atoms with Crippen LogP contribution >= 0.6 is 11.3 Å². The fourth-order valence-corrected chi connectivity index (χ4v) is 4.00. The number of anilines is 1. The Labute approximate surface area is 180 Å². The minimum atomic E-state index is -0.150. The summed E-state index contributed by atoms with van der Waals surface area (Å²) in [6.45, 7) is 3.17. The van der Waals surface area contributed by atoms with Gasteiger partial charge < -0.3 is 19.1 Å². The number of fused-ring (bicyclic) bond motifs is 1. The van der Waals surface area contributed by atoms with E-state index in [1.165, 1.54) is 11.3 Å². The molecular weight excluding hydrogens is 402 g/mol. The van der Waals surface area contributed by atoms with E-state index in [0.29, 0.717) is 29.7 Å². The Bertz CT molecular complexity index is 1000. The van der Waals surface area contributed by atoms with Crippen molar-refractivity contribution in [2.45, 2.75) is 6.92 Å². The molecule has 0 fully saturated rings. The van der Waals surface area contributed by atoms with Crippen molar-refractivity contribution in [2.75, 3.05) is 52.9 Å². The largest absolute Gasteiger partial charge is 0.497 e. The first-order chi connectivity index (χ1) is 14.4. The standard InChI is InChI=1S/C22H27N3O4S/c1-15-6-11-18(28-5)20-21(15)30-22(23-20)25(13-12-24(2)3)19(26)14-29-17-9-7-16(27-4)8-10-17/h6-11H,12-14H2,1-5H3. The lowest BCUT2D eigenvalue weighted by atomic mass is 10.2. The maximum absolute atomic E-state index is 13.1. The summed E-state index contributed by atoms with van der Waals surface area (Å²) in [5.74, 6) is 1.90. The Kier molecular flexibility index (Phi) is 7.12. The summed E-state index contributed by atoms with van der Waals surface area (Å²) >= 11 is 1.49. The maximum Gasteiger partial charge on any atom is 0.266 e. The second kappa shape index (κ2) is 9.77. The molecule has 0 N–H and O–H groups in total. The molecule has 0 aliphatic rings. The summed E-state index contributed by atoms with van der Waals surface area (Å²) in [7, 11) is 7.18. The van der Waals surface area contributed by atoms with Gasteiger partial charge in [0.2, 0.25) is 0 Å². The maximum atomic E-state index is 13.1. The van der Waals surface area contributed by atoms with Gasteiger partial charge in [-0.2, -0.15) is 0 Å². The summed E-state index contributed by atoms with van der Waals surface area (Å²) < 4.78 is 17.3. The van der Waals surface area contributed by atoms with Crippen molar-refractivity contribution in [3.63, 3.8) is 0 Å². The lowest BCUT2D eigenvalue weighted by Crippen LogP contribution is -2.39. The molecule has 3 rings (SSSR count). The molecule has 0 bridgehead atoms. The number of aromatic nitrogens is 1. The molecule has 0 saturated carbocycles. The van der Waals surface area contributed by atoms with E-state index in [4.69, 9.17) is 19.2 Å². The number of methoxy groups -OCH3 is 2. The van der Waals surface area contributed by atoms with Gasteiger partial charge in [-0.25, -0.2) is 4.98 Å². The molecule has 0 saturated heterocycles. The number of rotatable bonds is 9. The molecule has 0 radical (unpaired) electrons. The first-order valence-corrected chi connectivity index (χ1v) is 10.4. The van der Waals surface area contributed by atoms with Crippen LogP contribution in [0.3, 0.4) is 0 Å². The predicted molar refractivity (Wildman–Crippen MR) is 120 cm³/mol. The molecule has 7 nitrogen and oxygen atoms in total. The van der Waals surface area contributed by atoms with Gasteiger partial charge >= 0.3 is 0 Å². The van der Waals surface area contributed by atoms with Crippen molar-refractivity contribution >= 4 is 32.6 Å². The van der Waals surface area contributed by atoms with E-state index in [-0.39, 0.29) is 12.5 Å². The quantitative estimate of drug-likeness (QED) is 0.518. The number of benzene rings is 2. The number of carbonyl (C=O) groups excluding carboxylic acids is 1. The minimum Gasteiger partial charge on any atom is -0.497 e. The zero-order valence-corrected chi connectivity index (χ0v) is 18.8. The zero-order valence-electron chi connectivity index (χ0n) is 18.0. The van der Waals surface area contributed by atoms with Crippen LogP contribution in [-0.4, -0.2) is 63.8 Å². The molecule has 8 heteroatoms. The average molecular weight is 430 g/mol. The monoisotopic (exact) mass is 429 g/mol. The van der Waals surface area contributed by atoms with E-state index in [2.05, 4.69) is 0 Å². The highest BCUT2D eigenvalue weighted by atomic mass is 32.1. The van der Waals surface area contributed by atoms with Crippen LogP contribution in [0.2, 0.25) is 0 Å². The lowest BCUT2D eigenvalue weighted by molar-refractivity contribution is -0.120. The number of thiazole rings is 1. The highest BCUT2D eigenvalue weighted by Crippen LogP contribution is 2.36. The Balaban J connectivity index is 1.83. The molecule has 0 aliphatic carbocycles. The fraction of sp³-hybridized carbons (Fsp3) is 0.364. The fourth-order valence-electron chi connectivity index (χ4n) is 2.90. The summed E-state index contributed by atoms with van der Waals surface area (Å²) in [5, 5.41) is 0.641. The van der Waals surface area contributed by atoms with Gasteiger partial charge in [-0.3, -0.25) is 9.69 Å². The first-order valence-electron chi connectivity index (χ1n) is 9.59. The number of likely N-dealkylation sites (N-methyl/N-ethyl adjacent to an activating group) is 1. The number of aryl methyl sites for hydroxylation is 1. The summed E-state index contributed by atoms with van der Waals surface area (Å²) in [4.78, 5) is 21.5. The summed E-state index contributed by atoms with van der Waals surface area (Å²) in [6, 6.07) is 11.1. The molecule has 2 aromatic carbocycles. The average Bonchev–Trinajstić information content (AvgIpc) is 3.19. The van der Waals surface area contributed by atoms with E-state index in [1.807, 2.05) is 38.1 Å². The molecule has 1 heterocycles. The van der Waals surface area contributed by atoms with Crippen LogP contribution in [0.15, 0.2) is 36.4 Å². The van der Waals surface area contributed by atoms with Crippen molar-refractivity contribution in [2.24, 2.45) is 0 Å². The van der Waals surface area contributed by atoms with Crippen LogP contribution in [0.25, 0.3) is 10.2 Å². The number of amides is 1. The SMILES string of the molecule is COc1ccc(OCC(=O)N(CCN(C)C)c2nc3c(OC)ccc(C)c3s2)cc1. The van der Waals surface area contributed by atoms with Gasteiger partial charge in [-0.15, -0.1) is 0 Å². The number of carbonyl (C=O) groups is 1. The van der Waals surface area contributed by atoms with Crippen LogP contribution < -0.4 is 19.1 Å². The van der Waals surface area contributed by atoms with Gasteiger partial charge in [0.25, 0.3) is 5.91 Å². The van der Waals surface area contributed by atoms with Crippen molar-refractivity contribution < 1.29 is 19.0 Å². The summed E-state index contributed by atoms with van der Waals surface area (Å²) in [5.41, 5.74) is 1.88. The van der Waals surface area contributed by atoms with Crippen LogP contribution in [-0.2, 0) is 4.79 Å². The summed E-state index contributed by atoms with van der Waals surface area (Å²) in [6.07, 6.45) is 0. The highest BCUT2D eigenvalue weighted by molar-refractivity contribution is 7.22. The van der Waals surface area contributed by atoms with E-state index in [1.54, 1.807) is 43.4 Å². The molecule has 3 aromatic rings. The second-order valence-electron chi connectivity index (χ2n) is 7.07. The van der Waals surface area contributed by atoms with Gasteiger partial charge in [0.1, 0.15) is 22.8 Å². The van der Waals surface area contributed by atoms with Crippen LogP contribution in [0, 0.1) is 6.92 Å². The van der Waals surface area contributed by atoms with Gasteiger partial charge in [0.05, 0.1) is 18.9 Å². The molecule has 160 valence electrons. The van der Waals surface area contributed by atoms with Crippen molar-refractivity contribution in [3.05, 3.63) is 42.0 Å². The lowest BCUT2D eigenvalue weighted by Gasteiger charge is -2.22. The predicted octanol–water partition coefficient (Wildman–Crippen LogP) is 3.60. The smallest absolute Gasteiger partial charge is 0.266 e. The first kappa shape index (κ1) is 21.9. The molecule has 0 unspecified atom stereocenters. The second-order valence-corrected chi connectivity index (χ2v) is 8.05. The van der Waals surface area contributed by atoms with Crippen LogP contribution in [0.4, 0.5) is 5.13 Å². The van der Waals surface area contributed by atoms with E-state index >= 15 is 0 Å². The Morgan fingerprint density at radius 1 is 1.00 bits per heavy atom. The number of hydrogen-bond acceptors (Lipinski definition) is 7. The molecular formula is C22H27N3O4S. The molecule has 30 heavy (non-hydrogen) atoms. The molecule has 0 atom stereocenters. The van der Waals surface area contributed by atoms with Crippen molar-refractivity contribution in [1.29, 1.82) is 0 Å². The topological polar surface area (TPSA) is 64.1 Å². The Hall–Kier alpha value is -2.84. The molecule has 0 spiro atoms. The molecule has 1 aromatic heterocycles. The van der Waals surface area contributed by atoms with Crippen LogP contribution in [0.1, 0.15) is 5.56 Å². The minimum absolute atomic E-state index is 0.0776. The molecule has 1 amide bonds. The van der Waals surface area contributed by atoms with Gasteiger partial charge in [-0.1, -0.05) is 17.4 Å². The van der Waals surface area contributed by atoms with E-state index in [0.717, 1.165) is 21.5 Å². The number of ether oxygens (including phenoxy) is 3. The third-order valence-corrected chi connectivity index (χ3v) is 5.85. The van der Waals surface area contributed by atoms with Crippen molar-refractivity contribution in [1.82, 2.24) is 9.88 Å². The van der Waals surface area contributed by atoms with E-state index < -0.39 is 0 Å². The zero-order chi connectivity index (χ0) is 21.7. The van der Waals surface area contributed by atoms with Gasteiger partial charge in [0.15, 0.2) is 11.7 Å². The van der Waals surface area contributed by atoms with Gasteiger partial charge in [-0.05, 0) is 56.9 Å². The van der Waals surface area contributed by atoms with Gasteiger partial charge in [0, 0.05) is 13.1 Å². The van der Waals surface area contributed by atoms with Crippen molar-refractivity contribution in [3.8, 4) is 17.2 Å². The number of nitrogens with zero attached hydrogens (tertiary/aromatic N) is 3. The highest BCUT2D eigenvalue weighted by Gasteiger charge is 2.22. The van der Waals surface area contributed by atoms with Crippen LogP contribution in [0.5, 0.6) is 17.2 Å². The Morgan fingerprint density at radius 3 is 2.33 bits per heavy atom. The third-order valence-electron chi connectivity index (χ3n) is 4.64.